The van der Waals surface area contributed by atoms with Gasteiger partial charge in [0, 0.05) is 11.8 Å². The summed E-state index contributed by atoms with van der Waals surface area (Å²) in [4.78, 5) is 18.0. The van der Waals surface area contributed by atoms with Crippen molar-refractivity contribution in [3.63, 3.8) is 0 Å². The van der Waals surface area contributed by atoms with Crippen LogP contribution in [0.3, 0.4) is 0 Å². The number of nitrogens with zero attached hydrogens (tertiary/aromatic N) is 2. The Morgan fingerprint density at radius 2 is 2.38 bits per heavy atom. The Hall–Kier alpha value is -2.25. The predicted octanol–water partition coefficient (Wildman–Crippen LogP) is 2.34. The largest absolute Gasteiger partial charge is 0.375 e. The summed E-state index contributed by atoms with van der Waals surface area (Å²) in [5, 5.41) is 11.2. The van der Waals surface area contributed by atoms with Gasteiger partial charge in [0.15, 0.2) is 5.13 Å². The summed E-state index contributed by atoms with van der Waals surface area (Å²) in [6.07, 6.45) is 2.50. The lowest BCUT2D eigenvalue weighted by Gasteiger charge is -2.08. The van der Waals surface area contributed by atoms with Crippen LogP contribution in [0.4, 0.5) is 5.13 Å². The topological polar surface area (TPSA) is 79.9 Å². The molecule has 1 amide bonds. The van der Waals surface area contributed by atoms with Gasteiger partial charge in [-0.3, -0.25) is 15.2 Å². The van der Waals surface area contributed by atoms with Crippen LogP contribution in [0.2, 0.25) is 0 Å². The normalized spacial score (nSPS) is 14.1. The van der Waals surface area contributed by atoms with Crippen molar-refractivity contribution < 1.29 is 9.53 Å². The van der Waals surface area contributed by atoms with E-state index in [9.17, 15) is 4.79 Å². The number of anilines is 1. The van der Waals surface area contributed by atoms with Gasteiger partial charge in [-0.2, -0.15) is 5.10 Å². The quantitative estimate of drug-likeness (QED) is 0.761. The molecular weight excluding hydrogens is 288 g/mol. The third kappa shape index (κ3) is 2.20. The monoisotopic (exact) mass is 300 g/mol. The van der Waals surface area contributed by atoms with Gasteiger partial charge < -0.3 is 4.74 Å². The predicted molar refractivity (Wildman–Crippen MR) is 79.5 cm³/mol. The fraction of sp³-hybridized carbons (Fsp3) is 0.214. The summed E-state index contributed by atoms with van der Waals surface area (Å²) in [5.74, 6) is -0.183. The fourth-order valence-corrected chi connectivity index (χ4v) is 3.34. The maximum Gasteiger partial charge on any atom is 0.259 e. The maximum atomic E-state index is 12.4. The van der Waals surface area contributed by atoms with Crippen molar-refractivity contribution in [2.24, 2.45) is 0 Å². The lowest BCUT2D eigenvalue weighted by atomic mass is 10.1. The number of aromatic amines is 1. The zero-order valence-corrected chi connectivity index (χ0v) is 11.9. The summed E-state index contributed by atoms with van der Waals surface area (Å²) in [7, 11) is 0. The number of ether oxygens (including phenoxy) is 1. The Labute approximate surface area is 124 Å². The number of carbonyl (C=O) groups excluding carboxylic acids is 1. The van der Waals surface area contributed by atoms with E-state index in [1.165, 1.54) is 11.3 Å². The van der Waals surface area contributed by atoms with Crippen LogP contribution in [-0.4, -0.2) is 27.7 Å². The molecule has 0 saturated heterocycles. The number of hydrogen-bond donors (Lipinski definition) is 2. The number of fused-ring (bicyclic) bond motifs is 2. The number of H-pyrrole nitrogens is 1. The Kier molecular flexibility index (Phi) is 2.94. The highest BCUT2D eigenvalue weighted by Gasteiger charge is 2.18. The molecule has 3 heterocycles. The Morgan fingerprint density at radius 1 is 1.43 bits per heavy atom. The molecule has 2 aromatic heterocycles. The molecule has 1 aliphatic rings. The van der Waals surface area contributed by atoms with E-state index in [4.69, 9.17) is 4.74 Å². The molecule has 0 aliphatic carbocycles. The van der Waals surface area contributed by atoms with E-state index in [2.05, 4.69) is 20.5 Å². The zero-order chi connectivity index (χ0) is 14.2. The van der Waals surface area contributed by atoms with Crippen molar-refractivity contribution in [3.8, 4) is 0 Å². The average molecular weight is 300 g/mol. The first kappa shape index (κ1) is 12.5. The lowest BCUT2D eigenvalue weighted by Crippen LogP contribution is -2.12. The molecule has 0 fully saturated rings. The van der Waals surface area contributed by atoms with Crippen LogP contribution in [0, 0.1) is 0 Å². The van der Waals surface area contributed by atoms with Gasteiger partial charge in [-0.1, -0.05) is 23.5 Å². The second-order valence-electron chi connectivity index (χ2n) is 4.79. The number of amides is 1. The van der Waals surface area contributed by atoms with E-state index in [0.29, 0.717) is 23.9 Å². The number of rotatable bonds is 2. The second kappa shape index (κ2) is 4.94. The third-order valence-electron chi connectivity index (χ3n) is 3.44. The highest BCUT2D eigenvalue weighted by molar-refractivity contribution is 7.15. The first-order valence-electron chi connectivity index (χ1n) is 6.61. The van der Waals surface area contributed by atoms with Crippen LogP contribution in [0.25, 0.3) is 10.9 Å². The van der Waals surface area contributed by atoms with Gasteiger partial charge in [-0.15, -0.1) is 0 Å². The van der Waals surface area contributed by atoms with E-state index >= 15 is 0 Å². The van der Waals surface area contributed by atoms with Gasteiger partial charge in [-0.05, 0) is 6.07 Å². The smallest absolute Gasteiger partial charge is 0.259 e. The number of nitrogens with one attached hydrogen (secondary N) is 2. The fourth-order valence-electron chi connectivity index (χ4n) is 2.40. The van der Waals surface area contributed by atoms with E-state index in [-0.39, 0.29) is 5.91 Å². The molecule has 1 aromatic carbocycles. The van der Waals surface area contributed by atoms with E-state index in [1.54, 1.807) is 12.3 Å². The van der Waals surface area contributed by atoms with Gasteiger partial charge >= 0.3 is 0 Å². The molecule has 3 aromatic rings. The Morgan fingerprint density at radius 3 is 3.29 bits per heavy atom. The van der Waals surface area contributed by atoms with Crippen molar-refractivity contribution in [3.05, 3.63) is 40.5 Å². The van der Waals surface area contributed by atoms with Crippen molar-refractivity contribution in [2.45, 2.75) is 13.0 Å². The molecule has 0 spiro atoms. The van der Waals surface area contributed by atoms with Crippen LogP contribution in [0.15, 0.2) is 24.4 Å². The standard InChI is InChI=1S/C14H12N4O2S/c19-13(9-3-1-2-8-6-15-18-12(8)9)17-14-16-10-4-5-20-7-11(10)21-14/h1-3,6H,4-5,7H2,(H,15,18)(H,16,17,19). The summed E-state index contributed by atoms with van der Waals surface area (Å²) < 4.78 is 5.39. The average Bonchev–Trinajstić information content (AvgIpc) is 3.12. The summed E-state index contributed by atoms with van der Waals surface area (Å²) in [6.45, 7) is 1.27. The van der Waals surface area contributed by atoms with Crippen LogP contribution in [-0.2, 0) is 17.8 Å². The molecule has 0 radical (unpaired) electrons. The van der Waals surface area contributed by atoms with E-state index in [1.807, 2.05) is 12.1 Å². The van der Waals surface area contributed by atoms with Crippen molar-refractivity contribution in [1.82, 2.24) is 15.2 Å². The van der Waals surface area contributed by atoms with Gasteiger partial charge in [0.1, 0.15) is 0 Å². The number of hydrogen-bond acceptors (Lipinski definition) is 5. The highest BCUT2D eigenvalue weighted by atomic mass is 32.1. The van der Waals surface area contributed by atoms with Crippen molar-refractivity contribution >= 4 is 33.3 Å². The van der Waals surface area contributed by atoms with Crippen LogP contribution < -0.4 is 5.32 Å². The number of para-hydroxylation sites is 1. The van der Waals surface area contributed by atoms with E-state index in [0.717, 1.165) is 27.9 Å². The molecule has 106 valence electrons. The molecule has 0 saturated carbocycles. The number of benzene rings is 1. The molecule has 21 heavy (non-hydrogen) atoms. The first-order valence-corrected chi connectivity index (χ1v) is 7.43. The van der Waals surface area contributed by atoms with Gasteiger partial charge in [0.2, 0.25) is 0 Å². The SMILES string of the molecule is O=C(Nc1nc2c(s1)COCC2)c1cccc2cn[nH]c12. The Bertz CT molecular complexity index is 800. The van der Waals surface area contributed by atoms with Gasteiger partial charge in [0.25, 0.3) is 5.91 Å². The summed E-state index contributed by atoms with van der Waals surface area (Å²) in [5.41, 5.74) is 2.33. The number of thiazole rings is 1. The minimum atomic E-state index is -0.183. The highest BCUT2D eigenvalue weighted by Crippen LogP contribution is 2.27. The molecule has 0 unspecified atom stereocenters. The van der Waals surface area contributed by atoms with Crippen LogP contribution >= 0.6 is 11.3 Å². The van der Waals surface area contributed by atoms with Crippen molar-refractivity contribution in [1.29, 1.82) is 0 Å². The Balaban J connectivity index is 1.63. The zero-order valence-electron chi connectivity index (χ0n) is 11.0. The van der Waals surface area contributed by atoms with Crippen LogP contribution in [0.5, 0.6) is 0 Å². The first-order chi connectivity index (χ1) is 10.3. The molecular formula is C14H12N4O2S. The van der Waals surface area contributed by atoms with E-state index < -0.39 is 0 Å². The molecule has 0 atom stereocenters. The van der Waals surface area contributed by atoms with Gasteiger partial charge in [0.05, 0.1) is 41.1 Å². The molecule has 6 nitrogen and oxygen atoms in total. The minimum Gasteiger partial charge on any atom is -0.375 e. The lowest BCUT2D eigenvalue weighted by molar-refractivity contribution is 0.102. The molecule has 0 bridgehead atoms. The van der Waals surface area contributed by atoms with Crippen molar-refractivity contribution in [2.75, 3.05) is 11.9 Å². The molecule has 7 heteroatoms. The maximum absolute atomic E-state index is 12.4. The second-order valence-corrected chi connectivity index (χ2v) is 5.87. The molecule has 2 N–H and O–H groups in total. The number of aromatic nitrogens is 3. The molecule has 1 aliphatic heterocycles. The summed E-state index contributed by atoms with van der Waals surface area (Å²) in [6, 6.07) is 5.52. The number of carbonyl (C=O) groups is 1. The third-order valence-corrected chi connectivity index (χ3v) is 4.42. The van der Waals surface area contributed by atoms with Crippen LogP contribution in [0.1, 0.15) is 20.9 Å². The molecule has 4 rings (SSSR count). The van der Waals surface area contributed by atoms with Gasteiger partial charge in [-0.25, -0.2) is 4.98 Å². The minimum absolute atomic E-state index is 0.183. The summed E-state index contributed by atoms with van der Waals surface area (Å²) >= 11 is 1.47.